The van der Waals surface area contributed by atoms with Crippen molar-refractivity contribution in [3.05, 3.63) is 12.2 Å². The summed E-state index contributed by atoms with van der Waals surface area (Å²) < 4.78 is 4.67. The number of esters is 1. The van der Waals surface area contributed by atoms with Crippen LogP contribution in [0.5, 0.6) is 0 Å². The molecule has 0 atom stereocenters. The van der Waals surface area contributed by atoms with Crippen molar-refractivity contribution in [2.24, 2.45) is 5.90 Å². The van der Waals surface area contributed by atoms with Crippen LogP contribution in [0.25, 0.3) is 0 Å². The fourth-order valence-corrected chi connectivity index (χ4v) is 0.447. The van der Waals surface area contributed by atoms with E-state index < -0.39 is 11.9 Å². The first-order valence-corrected chi connectivity index (χ1v) is 3.35. The van der Waals surface area contributed by atoms with Crippen molar-refractivity contribution in [2.75, 3.05) is 0 Å². The van der Waals surface area contributed by atoms with Crippen molar-refractivity contribution in [3.8, 4) is 0 Å². The summed E-state index contributed by atoms with van der Waals surface area (Å²) in [6.45, 7) is 3.40. The molecule has 0 amide bonds. The molecule has 0 unspecified atom stereocenters. The van der Waals surface area contributed by atoms with Gasteiger partial charge in [0, 0.05) is 12.2 Å². The highest BCUT2D eigenvalue weighted by molar-refractivity contribution is 5.91. The van der Waals surface area contributed by atoms with Crippen LogP contribution in [0.15, 0.2) is 12.2 Å². The SMILES string of the molecule is CC(C)OC(=O)/C=C\C(=O)ON. The molecule has 0 heterocycles. The normalized spacial score (nSPS) is 10.3. The van der Waals surface area contributed by atoms with Crippen molar-refractivity contribution >= 4 is 11.9 Å². The molecule has 0 saturated carbocycles. The number of carbonyl (C=O) groups is 2. The smallest absolute Gasteiger partial charge is 0.349 e. The number of hydrogen-bond donors (Lipinski definition) is 1. The lowest BCUT2D eigenvalue weighted by molar-refractivity contribution is -0.143. The molecule has 0 aromatic carbocycles. The van der Waals surface area contributed by atoms with Gasteiger partial charge in [-0.3, -0.25) is 0 Å². The highest BCUT2D eigenvalue weighted by Gasteiger charge is 2.01. The van der Waals surface area contributed by atoms with E-state index in [1.165, 1.54) is 0 Å². The number of carbonyl (C=O) groups excluding carboxylic acids is 2. The van der Waals surface area contributed by atoms with Gasteiger partial charge in [-0.05, 0) is 13.8 Å². The van der Waals surface area contributed by atoms with Crippen LogP contribution in [-0.4, -0.2) is 18.0 Å². The van der Waals surface area contributed by atoms with Crippen LogP contribution in [-0.2, 0) is 19.2 Å². The highest BCUT2D eigenvalue weighted by Crippen LogP contribution is 1.90. The van der Waals surface area contributed by atoms with E-state index in [4.69, 9.17) is 0 Å². The Bertz CT molecular complexity index is 198. The van der Waals surface area contributed by atoms with Gasteiger partial charge >= 0.3 is 11.9 Å². The summed E-state index contributed by atoms with van der Waals surface area (Å²) in [5.41, 5.74) is 0. The molecule has 0 aliphatic carbocycles. The molecule has 0 aliphatic heterocycles. The summed E-state index contributed by atoms with van der Waals surface area (Å²) in [6, 6.07) is 0. The zero-order valence-electron chi connectivity index (χ0n) is 6.94. The van der Waals surface area contributed by atoms with Gasteiger partial charge in [-0.2, -0.15) is 5.90 Å². The van der Waals surface area contributed by atoms with Crippen molar-refractivity contribution < 1.29 is 19.2 Å². The molecule has 2 N–H and O–H groups in total. The summed E-state index contributed by atoms with van der Waals surface area (Å²) in [5.74, 6) is 3.11. The largest absolute Gasteiger partial charge is 0.460 e. The van der Waals surface area contributed by atoms with Crippen LogP contribution in [0.2, 0.25) is 0 Å². The van der Waals surface area contributed by atoms with Crippen LogP contribution in [0, 0.1) is 0 Å². The summed E-state index contributed by atoms with van der Waals surface area (Å²) in [4.78, 5) is 24.8. The number of ether oxygens (including phenoxy) is 1. The lowest BCUT2D eigenvalue weighted by Gasteiger charge is -2.03. The van der Waals surface area contributed by atoms with E-state index in [1.54, 1.807) is 13.8 Å². The van der Waals surface area contributed by atoms with Crippen LogP contribution < -0.4 is 5.90 Å². The third-order valence-electron chi connectivity index (χ3n) is 0.824. The Morgan fingerprint density at radius 1 is 1.25 bits per heavy atom. The number of nitrogens with two attached hydrogens (primary N) is 1. The van der Waals surface area contributed by atoms with Gasteiger partial charge in [-0.25, -0.2) is 9.59 Å². The summed E-state index contributed by atoms with van der Waals surface area (Å²) in [5, 5.41) is 0. The fraction of sp³-hybridized carbons (Fsp3) is 0.429. The fourth-order valence-electron chi connectivity index (χ4n) is 0.447. The second-order valence-electron chi connectivity index (χ2n) is 2.26. The van der Waals surface area contributed by atoms with Gasteiger partial charge in [0.1, 0.15) is 0 Å². The Balaban J connectivity index is 3.83. The molecule has 0 aromatic rings. The molecule has 0 rings (SSSR count). The van der Waals surface area contributed by atoms with Crippen LogP contribution in [0.4, 0.5) is 0 Å². The molecule has 0 bridgehead atoms. The van der Waals surface area contributed by atoms with Crippen LogP contribution in [0.3, 0.4) is 0 Å². The number of rotatable bonds is 3. The summed E-state index contributed by atoms with van der Waals surface area (Å²) >= 11 is 0. The second kappa shape index (κ2) is 5.31. The Hall–Kier alpha value is -1.36. The molecule has 0 saturated heterocycles. The van der Waals surface area contributed by atoms with E-state index in [0.29, 0.717) is 0 Å². The van der Waals surface area contributed by atoms with E-state index in [0.717, 1.165) is 12.2 Å². The van der Waals surface area contributed by atoms with Gasteiger partial charge in [0.15, 0.2) is 0 Å². The van der Waals surface area contributed by atoms with E-state index in [9.17, 15) is 9.59 Å². The third-order valence-corrected chi connectivity index (χ3v) is 0.824. The Morgan fingerprint density at radius 2 is 1.75 bits per heavy atom. The predicted octanol–water partition coefficient (Wildman–Crippen LogP) is -0.0889. The van der Waals surface area contributed by atoms with Gasteiger partial charge in [0.05, 0.1) is 6.10 Å². The van der Waals surface area contributed by atoms with Crippen molar-refractivity contribution in [3.63, 3.8) is 0 Å². The van der Waals surface area contributed by atoms with Gasteiger partial charge in [-0.1, -0.05) is 0 Å². The Morgan fingerprint density at radius 3 is 2.17 bits per heavy atom. The van der Waals surface area contributed by atoms with E-state index in [-0.39, 0.29) is 6.10 Å². The minimum absolute atomic E-state index is 0.212. The zero-order valence-corrected chi connectivity index (χ0v) is 6.94. The second-order valence-corrected chi connectivity index (χ2v) is 2.26. The molecule has 5 heteroatoms. The molecular weight excluding hydrogens is 162 g/mol. The van der Waals surface area contributed by atoms with Gasteiger partial charge in [-0.15, -0.1) is 0 Å². The Labute approximate surface area is 70.1 Å². The molecule has 0 spiro atoms. The number of hydrogen-bond acceptors (Lipinski definition) is 5. The molecule has 68 valence electrons. The molecule has 5 nitrogen and oxygen atoms in total. The minimum atomic E-state index is -0.796. The highest BCUT2D eigenvalue weighted by atomic mass is 16.7. The van der Waals surface area contributed by atoms with Crippen molar-refractivity contribution in [1.82, 2.24) is 0 Å². The van der Waals surface area contributed by atoms with Crippen molar-refractivity contribution in [1.29, 1.82) is 0 Å². The molecule has 0 radical (unpaired) electrons. The van der Waals surface area contributed by atoms with E-state index >= 15 is 0 Å². The Kier molecular flexibility index (Phi) is 4.71. The average Bonchev–Trinajstić information content (AvgIpc) is 1.99. The summed E-state index contributed by atoms with van der Waals surface area (Å²) in [6.07, 6.45) is 1.64. The first-order valence-electron chi connectivity index (χ1n) is 3.35. The monoisotopic (exact) mass is 173 g/mol. The van der Waals surface area contributed by atoms with Gasteiger partial charge in [0.2, 0.25) is 0 Å². The molecular formula is C7H11NO4. The molecule has 0 aliphatic rings. The molecule has 12 heavy (non-hydrogen) atoms. The van der Waals surface area contributed by atoms with Gasteiger partial charge in [0.25, 0.3) is 0 Å². The third kappa shape index (κ3) is 5.43. The molecule has 0 fully saturated rings. The van der Waals surface area contributed by atoms with E-state index in [1.807, 2.05) is 0 Å². The van der Waals surface area contributed by atoms with Crippen molar-refractivity contribution in [2.45, 2.75) is 20.0 Å². The van der Waals surface area contributed by atoms with Crippen LogP contribution >= 0.6 is 0 Å². The zero-order chi connectivity index (χ0) is 9.56. The van der Waals surface area contributed by atoms with E-state index in [2.05, 4.69) is 15.5 Å². The standard InChI is InChI=1S/C7H11NO4/c1-5(2)11-6(9)3-4-7(10)12-8/h3-5H,8H2,1-2H3/b4-3-. The maximum absolute atomic E-state index is 10.7. The lowest BCUT2D eigenvalue weighted by Crippen LogP contribution is -2.10. The average molecular weight is 173 g/mol. The topological polar surface area (TPSA) is 78.6 Å². The first-order chi connectivity index (χ1) is 5.56. The van der Waals surface area contributed by atoms with Crippen LogP contribution in [0.1, 0.15) is 13.8 Å². The quantitative estimate of drug-likeness (QED) is 0.366. The maximum atomic E-state index is 10.7. The molecule has 0 aromatic heterocycles. The lowest BCUT2D eigenvalue weighted by atomic mass is 10.4. The minimum Gasteiger partial charge on any atom is -0.460 e. The first kappa shape index (κ1) is 10.6. The summed E-state index contributed by atoms with van der Waals surface area (Å²) in [7, 11) is 0. The van der Waals surface area contributed by atoms with Gasteiger partial charge < -0.3 is 9.57 Å². The maximum Gasteiger partial charge on any atom is 0.349 e. The predicted molar refractivity (Wildman–Crippen MR) is 40.6 cm³/mol.